The Balaban J connectivity index is 2.26. The van der Waals surface area contributed by atoms with E-state index in [0.717, 1.165) is 11.0 Å². The number of aliphatic hydroxyl groups excluding tert-OH is 1. The molecule has 2 heterocycles. The minimum absolute atomic E-state index is 0.543. The molecular formula is C13H16BrClN4O. The molecule has 7 heteroatoms. The second kappa shape index (κ2) is 6.67. The number of pyridine rings is 1. The van der Waals surface area contributed by atoms with Crippen molar-refractivity contribution in [2.45, 2.75) is 12.6 Å². The molecule has 2 rings (SSSR count). The number of rotatable bonds is 5. The van der Waals surface area contributed by atoms with Gasteiger partial charge >= 0.3 is 0 Å². The van der Waals surface area contributed by atoms with Gasteiger partial charge in [-0.2, -0.15) is 5.10 Å². The smallest absolute Gasteiger partial charge is 0.139 e. The minimum atomic E-state index is -0.841. The first kappa shape index (κ1) is 15.4. The molecule has 0 fully saturated rings. The molecule has 1 N–H and O–H groups in total. The third kappa shape index (κ3) is 3.58. The Hall–Kier alpha value is -0.950. The molecule has 0 saturated heterocycles. The van der Waals surface area contributed by atoms with Gasteiger partial charge in [-0.05, 0) is 42.2 Å². The van der Waals surface area contributed by atoms with E-state index in [9.17, 15) is 5.11 Å². The first-order valence-electron chi connectivity index (χ1n) is 6.14. The van der Waals surface area contributed by atoms with Gasteiger partial charge in [0.2, 0.25) is 0 Å². The molecule has 0 aromatic carbocycles. The lowest BCUT2D eigenvalue weighted by Crippen LogP contribution is -2.21. The summed E-state index contributed by atoms with van der Waals surface area (Å²) in [5, 5.41) is 15.3. The summed E-state index contributed by atoms with van der Waals surface area (Å²) < 4.78 is 2.55. The van der Waals surface area contributed by atoms with Crippen molar-refractivity contribution in [1.82, 2.24) is 19.7 Å². The Morgan fingerprint density at radius 2 is 2.15 bits per heavy atom. The standard InChI is InChI=1S/C13H16BrClN4O/c1-18(2)5-6-19-12(10(14)8-17-19)13(20)11-4-3-9(15)7-16-11/h3-4,7-8,13,20H,5-6H2,1-2H3. The van der Waals surface area contributed by atoms with Crippen LogP contribution in [0.5, 0.6) is 0 Å². The summed E-state index contributed by atoms with van der Waals surface area (Å²) in [7, 11) is 3.99. The van der Waals surface area contributed by atoms with Crippen LogP contribution in [-0.4, -0.2) is 45.4 Å². The summed E-state index contributed by atoms with van der Waals surface area (Å²) in [6, 6.07) is 3.42. The molecule has 0 aliphatic rings. The van der Waals surface area contributed by atoms with E-state index in [4.69, 9.17) is 11.6 Å². The average Bonchev–Trinajstić information content (AvgIpc) is 2.77. The average molecular weight is 360 g/mol. The van der Waals surface area contributed by atoms with Gasteiger partial charge in [-0.25, -0.2) is 0 Å². The molecular weight excluding hydrogens is 344 g/mol. The molecule has 0 bridgehead atoms. The molecule has 20 heavy (non-hydrogen) atoms. The first-order valence-corrected chi connectivity index (χ1v) is 7.31. The van der Waals surface area contributed by atoms with Gasteiger partial charge in [0.1, 0.15) is 6.10 Å². The van der Waals surface area contributed by atoms with Gasteiger partial charge in [0.15, 0.2) is 0 Å². The van der Waals surface area contributed by atoms with Crippen molar-refractivity contribution in [3.8, 4) is 0 Å². The highest BCUT2D eigenvalue weighted by atomic mass is 79.9. The van der Waals surface area contributed by atoms with Crippen molar-refractivity contribution in [1.29, 1.82) is 0 Å². The van der Waals surface area contributed by atoms with Gasteiger partial charge in [-0.15, -0.1) is 0 Å². The molecule has 108 valence electrons. The Morgan fingerprint density at radius 1 is 1.40 bits per heavy atom. The Kier molecular flexibility index (Phi) is 5.15. The van der Waals surface area contributed by atoms with Crippen molar-refractivity contribution in [2.24, 2.45) is 0 Å². The molecule has 0 spiro atoms. The molecule has 0 aliphatic heterocycles. The molecule has 0 saturated carbocycles. The molecule has 5 nitrogen and oxygen atoms in total. The van der Waals surface area contributed by atoms with E-state index in [0.29, 0.717) is 23.0 Å². The fraction of sp³-hybridized carbons (Fsp3) is 0.385. The van der Waals surface area contributed by atoms with Crippen LogP contribution < -0.4 is 0 Å². The van der Waals surface area contributed by atoms with Gasteiger partial charge in [0.25, 0.3) is 0 Å². The van der Waals surface area contributed by atoms with Gasteiger partial charge in [-0.1, -0.05) is 11.6 Å². The zero-order valence-corrected chi connectivity index (χ0v) is 13.6. The predicted molar refractivity (Wildman–Crippen MR) is 81.8 cm³/mol. The van der Waals surface area contributed by atoms with E-state index in [1.165, 1.54) is 6.20 Å². The minimum Gasteiger partial charge on any atom is -0.380 e. The summed E-state index contributed by atoms with van der Waals surface area (Å²) in [6.45, 7) is 1.53. The monoisotopic (exact) mass is 358 g/mol. The Morgan fingerprint density at radius 3 is 2.75 bits per heavy atom. The Labute approximate surface area is 131 Å². The van der Waals surface area contributed by atoms with E-state index in [2.05, 4.69) is 30.9 Å². The number of aromatic nitrogens is 3. The van der Waals surface area contributed by atoms with Crippen LogP contribution in [0.15, 0.2) is 29.0 Å². The van der Waals surface area contributed by atoms with Crippen molar-refractivity contribution in [2.75, 3.05) is 20.6 Å². The van der Waals surface area contributed by atoms with Crippen molar-refractivity contribution < 1.29 is 5.11 Å². The molecule has 1 unspecified atom stereocenters. The van der Waals surface area contributed by atoms with Crippen molar-refractivity contribution >= 4 is 27.5 Å². The largest absolute Gasteiger partial charge is 0.380 e. The fourth-order valence-electron chi connectivity index (χ4n) is 1.81. The lowest BCUT2D eigenvalue weighted by atomic mass is 10.1. The second-order valence-electron chi connectivity index (χ2n) is 4.71. The summed E-state index contributed by atoms with van der Waals surface area (Å²) in [5.41, 5.74) is 1.24. The third-order valence-corrected chi connectivity index (χ3v) is 3.72. The van der Waals surface area contributed by atoms with Crippen LogP contribution in [0.1, 0.15) is 17.5 Å². The molecule has 0 aliphatic carbocycles. The van der Waals surface area contributed by atoms with Crippen LogP contribution in [-0.2, 0) is 6.54 Å². The predicted octanol–water partition coefficient (Wildman–Crippen LogP) is 2.34. The third-order valence-electron chi connectivity index (χ3n) is 2.88. The number of likely N-dealkylation sites (N-methyl/N-ethyl adjacent to an activating group) is 1. The summed E-state index contributed by atoms with van der Waals surface area (Å²) in [6.07, 6.45) is 2.37. The SMILES string of the molecule is CN(C)CCn1ncc(Br)c1C(O)c1ccc(Cl)cn1. The summed E-state index contributed by atoms with van der Waals surface area (Å²) in [5.74, 6) is 0. The Bertz CT molecular complexity index is 570. The van der Waals surface area contributed by atoms with Crippen LogP contribution in [0.3, 0.4) is 0 Å². The van der Waals surface area contributed by atoms with Gasteiger partial charge < -0.3 is 10.0 Å². The highest BCUT2D eigenvalue weighted by molar-refractivity contribution is 9.10. The van der Waals surface area contributed by atoms with E-state index in [1.807, 2.05) is 14.1 Å². The van der Waals surface area contributed by atoms with Gasteiger partial charge in [-0.3, -0.25) is 9.67 Å². The van der Waals surface area contributed by atoms with Crippen LogP contribution in [0.2, 0.25) is 5.02 Å². The van der Waals surface area contributed by atoms with Gasteiger partial charge in [0.05, 0.1) is 33.6 Å². The summed E-state index contributed by atoms with van der Waals surface area (Å²) in [4.78, 5) is 6.22. The first-order chi connectivity index (χ1) is 9.49. The maximum atomic E-state index is 10.5. The van der Waals surface area contributed by atoms with E-state index < -0.39 is 6.10 Å². The highest BCUT2D eigenvalue weighted by Crippen LogP contribution is 2.27. The number of hydrogen-bond donors (Lipinski definition) is 1. The number of nitrogens with zero attached hydrogens (tertiary/aromatic N) is 4. The lowest BCUT2D eigenvalue weighted by molar-refractivity contribution is 0.200. The normalized spacial score (nSPS) is 12.9. The van der Waals surface area contributed by atoms with Crippen LogP contribution in [0.4, 0.5) is 0 Å². The van der Waals surface area contributed by atoms with Crippen LogP contribution >= 0.6 is 27.5 Å². The summed E-state index contributed by atoms with van der Waals surface area (Å²) >= 11 is 9.24. The van der Waals surface area contributed by atoms with E-state index >= 15 is 0 Å². The van der Waals surface area contributed by atoms with Crippen LogP contribution in [0.25, 0.3) is 0 Å². The topological polar surface area (TPSA) is 54.2 Å². The highest BCUT2D eigenvalue weighted by Gasteiger charge is 2.20. The molecule has 2 aromatic heterocycles. The van der Waals surface area contributed by atoms with Gasteiger partial charge in [0, 0.05) is 12.7 Å². The molecule has 0 radical (unpaired) electrons. The van der Waals surface area contributed by atoms with Crippen LogP contribution in [0, 0.1) is 0 Å². The zero-order valence-electron chi connectivity index (χ0n) is 11.3. The maximum absolute atomic E-state index is 10.5. The van der Waals surface area contributed by atoms with E-state index in [1.54, 1.807) is 23.0 Å². The number of aliphatic hydroxyl groups is 1. The lowest BCUT2D eigenvalue weighted by Gasteiger charge is -2.16. The fourth-order valence-corrected chi connectivity index (χ4v) is 2.43. The van der Waals surface area contributed by atoms with Crippen molar-refractivity contribution in [3.05, 3.63) is 45.4 Å². The number of hydrogen-bond acceptors (Lipinski definition) is 4. The second-order valence-corrected chi connectivity index (χ2v) is 6.00. The molecule has 2 aromatic rings. The zero-order chi connectivity index (χ0) is 14.7. The number of halogens is 2. The maximum Gasteiger partial charge on any atom is 0.139 e. The van der Waals surface area contributed by atoms with Crippen molar-refractivity contribution in [3.63, 3.8) is 0 Å². The molecule has 1 atom stereocenters. The van der Waals surface area contributed by atoms with E-state index in [-0.39, 0.29) is 0 Å². The quantitative estimate of drug-likeness (QED) is 0.890. The molecule has 0 amide bonds.